The fourth-order valence-electron chi connectivity index (χ4n) is 2.09. The summed E-state index contributed by atoms with van der Waals surface area (Å²) in [6.07, 6.45) is 1.94. The minimum atomic E-state index is 0.885. The lowest BCUT2D eigenvalue weighted by atomic mass is 10.1. The van der Waals surface area contributed by atoms with Crippen LogP contribution in [0.1, 0.15) is 5.56 Å². The molecule has 3 nitrogen and oxygen atoms in total. The van der Waals surface area contributed by atoms with Gasteiger partial charge in [0, 0.05) is 37.0 Å². The predicted molar refractivity (Wildman–Crippen MR) is 69.9 cm³/mol. The molecule has 86 valence electrons. The lowest BCUT2D eigenvalue weighted by molar-refractivity contribution is 0.725. The van der Waals surface area contributed by atoms with E-state index in [0.717, 1.165) is 25.5 Å². The standard InChI is InChI=1S/C14H15N3/c1-2-4-11(5-3-1)12-8-13-9-15-6-7-16-14(13)17-10-12/h1-5,8,10,15H,6-7,9H2,(H,16,17). The largest absolute Gasteiger partial charge is 0.369 e. The summed E-state index contributed by atoms with van der Waals surface area (Å²) >= 11 is 0. The number of benzene rings is 1. The Hall–Kier alpha value is -1.87. The van der Waals surface area contributed by atoms with Crippen LogP contribution in [0.15, 0.2) is 42.6 Å². The molecule has 1 aromatic heterocycles. The Morgan fingerprint density at radius 1 is 1.00 bits per heavy atom. The van der Waals surface area contributed by atoms with E-state index in [1.54, 1.807) is 0 Å². The second kappa shape index (κ2) is 4.55. The van der Waals surface area contributed by atoms with Gasteiger partial charge in [-0.3, -0.25) is 0 Å². The third-order valence-electron chi connectivity index (χ3n) is 2.98. The van der Waals surface area contributed by atoms with E-state index in [2.05, 4.69) is 45.9 Å². The van der Waals surface area contributed by atoms with Gasteiger partial charge in [-0.15, -0.1) is 0 Å². The summed E-state index contributed by atoms with van der Waals surface area (Å²) in [5, 5.41) is 6.71. The second-order valence-corrected chi connectivity index (χ2v) is 4.20. The third-order valence-corrected chi connectivity index (χ3v) is 2.98. The van der Waals surface area contributed by atoms with E-state index in [4.69, 9.17) is 0 Å². The lowest BCUT2D eigenvalue weighted by Gasteiger charge is -2.08. The molecule has 3 heteroatoms. The Balaban J connectivity index is 2.00. The number of rotatable bonds is 1. The topological polar surface area (TPSA) is 37.0 Å². The number of pyridine rings is 1. The maximum absolute atomic E-state index is 4.50. The Morgan fingerprint density at radius 2 is 1.88 bits per heavy atom. The second-order valence-electron chi connectivity index (χ2n) is 4.20. The van der Waals surface area contributed by atoms with Crippen LogP contribution in [-0.2, 0) is 6.54 Å². The number of nitrogens with one attached hydrogen (secondary N) is 2. The molecule has 17 heavy (non-hydrogen) atoms. The smallest absolute Gasteiger partial charge is 0.130 e. The number of hydrogen-bond acceptors (Lipinski definition) is 3. The van der Waals surface area contributed by atoms with Crippen molar-refractivity contribution in [2.75, 3.05) is 18.4 Å². The summed E-state index contributed by atoms with van der Waals surface area (Å²) in [5.74, 6) is 1.01. The lowest BCUT2D eigenvalue weighted by Crippen LogP contribution is -2.16. The van der Waals surface area contributed by atoms with Crippen LogP contribution in [-0.4, -0.2) is 18.1 Å². The van der Waals surface area contributed by atoms with Crippen LogP contribution in [0.3, 0.4) is 0 Å². The normalized spacial score (nSPS) is 14.6. The first-order valence-corrected chi connectivity index (χ1v) is 5.92. The Labute approximate surface area is 101 Å². The highest BCUT2D eigenvalue weighted by atomic mass is 15.0. The van der Waals surface area contributed by atoms with Crippen LogP contribution >= 0.6 is 0 Å². The van der Waals surface area contributed by atoms with Gasteiger partial charge in [0.15, 0.2) is 0 Å². The van der Waals surface area contributed by atoms with Gasteiger partial charge in [-0.1, -0.05) is 30.3 Å². The molecule has 0 bridgehead atoms. The monoisotopic (exact) mass is 225 g/mol. The summed E-state index contributed by atoms with van der Waals surface area (Å²) in [7, 11) is 0. The van der Waals surface area contributed by atoms with E-state index >= 15 is 0 Å². The third kappa shape index (κ3) is 2.15. The molecule has 0 unspecified atom stereocenters. The number of fused-ring (bicyclic) bond motifs is 1. The molecule has 0 fully saturated rings. The minimum absolute atomic E-state index is 0.885. The molecule has 0 radical (unpaired) electrons. The summed E-state index contributed by atoms with van der Waals surface area (Å²) in [6, 6.07) is 12.6. The van der Waals surface area contributed by atoms with Gasteiger partial charge in [0.25, 0.3) is 0 Å². The van der Waals surface area contributed by atoms with Gasteiger partial charge in [0.1, 0.15) is 5.82 Å². The molecule has 0 amide bonds. The van der Waals surface area contributed by atoms with Gasteiger partial charge < -0.3 is 10.6 Å². The Morgan fingerprint density at radius 3 is 2.76 bits per heavy atom. The first-order valence-electron chi connectivity index (χ1n) is 5.92. The van der Waals surface area contributed by atoms with Crippen LogP contribution in [0, 0.1) is 0 Å². The van der Waals surface area contributed by atoms with Crippen LogP contribution in [0.25, 0.3) is 11.1 Å². The van der Waals surface area contributed by atoms with Crippen LogP contribution < -0.4 is 10.6 Å². The van der Waals surface area contributed by atoms with E-state index in [0.29, 0.717) is 0 Å². The van der Waals surface area contributed by atoms with E-state index < -0.39 is 0 Å². The van der Waals surface area contributed by atoms with Gasteiger partial charge in [0.05, 0.1) is 0 Å². The zero-order valence-corrected chi connectivity index (χ0v) is 9.61. The fourth-order valence-corrected chi connectivity index (χ4v) is 2.09. The Bertz CT molecular complexity index is 508. The van der Waals surface area contributed by atoms with Gasteiger partial charge in [-0.25, -0.2) is 4.98 Å². The molecule has 0 atom stereocenters. The highest BCUT2D eigenvalue weighted by Gasteiger charge is 2.09. The van der Waals surface area contributed by atoms with Gasteiger partial charge >= 0.3 is 0 Å². The maximum atomic E-state index is 4.50. The van der Waals surface area contributed by atoms with Crippen LogP contribution in [0.5, 0.6) is 0 Å². The fraction of sp³-hybridized carbons (Fsp3) is 0.214. The molecule has 1 aliphatic rings. The van der Waals surface area contributed by atoms with Crippen molar-refractivity contribution in [2.24, 2.45) is 0 Å². The SMILES string of the molecule is c1ccc(-c2cnc3c(c2)CNCCN3)cc1. The number of nitrogens with zero attached hydrogens (tertiary/aromatic N) is 1. The molecule has 0 spiro atoms. The zero-order valence-electron chi connectivity index (χ0n) is 9.61. The van der Waals surface area contributed by atoms with Crippen LogP contribution in [0.4, 0.5) is 5.82 Å². The molecule has 1 aliphatic heterocycles. The molecule has 1 aromatic carbocycles. The number of hydrogen-bond donors (Lipinski definition) is 2. The molecule has 0 saturated heterocycles. The van der Waals surface area contributed by atoms with Crippen molar-refractivity contribution in [3.63, 3.8) is 0 Å². The van der Waals surface area contributed by atoms with Crippen molar-refractivity contribution in [2.45, 2.75) is 6.54 Å². The summed E-state index contributed by atoms with van der Waals surface area (Å²) in [6.45, 7) is 2.80. The Kier molecular flexibility index (Phi) is 2.76. The van der Waals surface area contributed by atoms with Crippen molar-refractivity contribution < 1.29 is 0 Å². The summed E-state index contributed by atoms with van der Waals surface area (Å²) < 4.78 is 0. The number of aromatic nitrogens is 1. The quantitative estimate of drug-likeness (QED) is 0.781. The molecule has 2 heterocycles. The highest BCUT2D eigenvalue weighted by Crippen LogP contribution is 2.23. The first kappa shape index (κ1) is 10.3. The van der Waals surface area contributed by atoms with Crippen molar-refractivity contribution in [1.29, 1.82) is 0 Å². The first-order chi connectivity index (χ1) is 8.43. The molecular weight excluding hydrogens is 210 g/mol. The minimum Gasteiger partial charge on any atom is -0.369 e. The summed E-state index contributed by atoms with van der Waals surface area (Å²) in [4.78, 5) is 4.50. The molecule has 3 rings (SSSR count). The van der Waals surface area contributed by atoms with E-state index in [-0.39, 0.29) is 0 Å². The van der Waals surface area contributed by atoms with Gasteiger partial charge in [0.2, 0.25) is 0 Å². The average Bonchev–Trinajstić information content (AvgIpc) is 2.64. The molecule has 2 aromatic rings. The summed E-state index contributed by atoms with van der Waals surface area (Å²) in [5.41, 5.74) is 3.63. The highest BCUT2D eigenvalue weighted by molar-refractivity contribution is 5.65. The van der Waals surface area contributed by atoms with Gasteiger partial charge in [-0.05, 0) is 11.6 Å². The van der Waals surface area contributed by atoms with Crippen LogP contribution in [0.2, 0.25) is 0 Å². The van der Waals surface area contributed by atoms with Crippen molar-refractivity contribution >= 4 is 5.82 Å². The van der Waals surface area contributed by atoms with E-state index in [1.165, 1.54) is 16.7 Å². The average molecular weight is 225 g/mol. The predicted octanol–water partition coefficient (Wildman–Crippen LogP) is 2.26. The molecular formula is C14H15N3. The molecule has 0 saturated carbocycles. The van der Waals surface area contributed by atoms with Crippen molar-refractivity contribution in [1.82, 2.24) is 10.3 Å². The van der Waals surface area contributed by atoms with Crippen molar-refractivity contribution in [3.8, 4) is 11.1 Å². The van der Waals surface area contributed by atoms with E-state index in [9.17, 15) is 0 Å². The zero-order chi connectivity index (χ0) is 11.5. The molecule has 2 N–H and O–H groups in total. The molecule has 0 aliphatic carbocycles. The van der Waals surface area contributed by atoms with Gasteiger partial charge in [-0.2, -0.15) is 0 Å². The maximum Gasteiger partial charge on any atom is 0.130 e. The van der Waals surface area contributed by atoms with E-state index in [1.807, 2.05) is 12.3 Å². The van der Waals surface area contributed by atoms with Crippen molar-refractivity contribution in [3.05, 3.63) is 48.2 Å². The number of anilines is 1.